The fourth-order valence-electron chi connectivity index (χ4n) is 2.25. The van der Waals surface area contributed by atoms with Crippen LogP contribution in [-0.4, -0.2) is 20.7 Å². The molecule has 0 saturated heterocycles. The van der Waals surface area contributed by atoms with Gasteiger partial charge >= 0.3 is 6.18 Å². The highest BCUT2D eigenvalue weighted by Crippen LogP contribution is 2.33. The maximum Gasteiger partial charge on any atom is 0.435 e. The fraction of sp³-hybridized carbons (Fsp3) is 0.400. The number of rotatable bonds is 4. The molecular formula is C15H17F3N4O. The van der Waals surface area contributed by atoms with Crippen LogP contribution in [0.25, 0.3) is 0 Å². The Morgan fingerprint density at radius 2 is 2.04 bits per heavy atom. The summed E-state index contributed by atoms with van der Waals surface area (Å²) in [5.74, 6) is -0.813. The minimum atomic E-state index is -4.69. The standard InChI is InChI=1S/C15H17F3N4O/c1-9(2)22-10(3)12(13(21-22)15(16,17)18)14(23)20-8-11-6-4-5-7-19-11/h4-7,9H,8H2,1-3H3,(H,20,23). The molecule has 1 N–H and O–H groups in total. The van der Waals surface area contributed by atoms with E-state index in [1.165, 1.54) is 11.6 Å². The monoisotopic (exact) mass is 326 g/mol. The highest BCUT2D eigenvalue weighted by molar-refractivity contribution is 5.96. The molecule has 2 aromatic heterocycles. The van der Waals surface area contributed by atoms with Crippen LogP contribution in [0.4, 0.5) is 13.2 Å². The average Bonchev–Trinajstić information content (AvgIpc) is 2.84. The predicted molar refractivity (Wildman–Crippen MR) is 77.8 cm³/mol. The third kappa shape index (κ3) is 3.69. The second-order valence-electron chi connectivity index (χ2n) is 5.35. The first-order valence-electron chi connectivity index (χ1n) is 7.06. The molecule has 0 atom stereocenters. The lowest BCUT2D eigenvalue weighted by Crippen LogP contribution is -2.26. The molecule has 0 spiro atoms. The summed E-state index contributed by atoms with van der Waals surface area (Å²) in [5, 5.41) is 6.04. The largest absolute Gasteiger partial charge is 0.435 e. The molecule has 0 aromatic carbocycles. The number of amides is 1. The van der Waals surface area contributed by atoms with Gasteiger partial charge < -0.3 is 5.32 Å². The zero-order chi connectivity index (χ0) is 17.2. The molecule has 8 heteroatoms. The number of carbonyl (C=O) groups excluding carboxylic acids is 1. The molecule has 2 rings (SSSR count). The van der Waals surface area contributed by atoms with Gasteiger partial charge in [0.15, 0.2) is 5.69 Å². The van der Waals surface area contributed by atoms with E-state index in [-0.39, 0.29) is 18.3 Å². The van der Waals surface area contributed by atoms with Crippen LogP contribution in [0.2, 0.25) is 0 Å². The van der Waals surface area contributed by atoms with E-state index in [9.17, 15) is 18.0 Å². The molecule has 23 heavy (non-hydrogen) atoms. The van der Waals surface area contributed by atoms with Crippen molar-refractivity contribution in [3.8, 4) is 0 Å². The van der Waals surface area contributed by atoms with E-state index >= 15 is 0 Å². The minimum absolute atomic E-state index is 0.0449. The van der Waals surface area contributed by atoms with Crippen LogP contribution >= 0.6 is 0 Å². The summed E-state index contributed by atoms with van der Waals surface area (Å²) in [5.41, 5.74) is -0.862. The zero-order valence-corrected chi connectivity index (χ0v) is 13.0. The highest BCUT2D eigenvalue weighted by atomic mass is 19.4. The van der Waals surface area contributed by atoms with Crippen LogP contribution in [0.1, 0.15) is 47.3 Å². The first-order chi connectivity index (χ1) is 10.7. The number of aromatic nitrogens is 3. The van der Waals surface area contributed by atoms with E-state index in [1.807, 2.05) is 0 Å². The van der Waals surface area contributed by atoms with Gasteiger partial charge in [0.25, 0.3) is 5.91 Å². The SMILES string of the molecule is Cc1c(C(=O)NCc2ccccn2)c(C(F)(F)F)nn1C(C)C. The molecule has 124 valence electrons. The molecule has 0 aliphatic carbocycles. The summed E-state index contributed by atoms with van der Waals surface area (Å²) in [6, 6.07) is 4.84. The van der Waals surface area contributed by atoms with Gasteiger partial charge in [-0.3, -0.25) is 14.5 Å². The molecule has 5 nitrogen and oxygen atoms in total. The smallest absolute Gasteiger partial charge is 0.346 e. The number of carbonyl (C=O) groups is 1. The van der Waals surface area contributed by atoms with Crippen molar-refractivity contribution in [2.45, 2.75) is 39.5 Å². The Hall–Kier alpha value is -2.38. The van der Waals surface area contributed by atoms with Gasteiger partial charge in [0.2, 0.25) is 0 Å². The van der Waals surface area contributed by atoms with Gasteiger partial charge in [-0.15, -0.1) is 0 Å². The number of hydrogen-bond acceptors (Lipinski definition) is 3. The van der Waals surface area contributed by atoms with E-state index in [0.717, 1.165) is 0 Å². The maximum absolute atomic E-state index is 13.2. The molecule has 0 fully saturated rings. The van der Waals surface area contributed by atoms with Crippen LogP contribution in [-0.2, 0) is 12.7 Å². The van der Waals surface area contributed by atoms with Gasteiger partial charge in [-0.05, 0) is 32.9 Å². The maximum atomic E-state index is 13.2. The van der Waals surface area contributed by atoms with E-state index < -0.39 is 23.3 Å². The van der Waals surface area contributed by atoms with Gasteiger partial charge in [-0.2, -0.15) is 18.3 Å². The summed E-state index contributed by atoms with van der Waals surface area (Å²) in [6.45, 7) is 4.91. The van der Waals surface area contributed by atoms with Crippen molar-refractivity contribution >= 4 is 5.91 Å². The van der Waals surface area contributed by atoms with Gasteiger partial charge in [0.05, 0.1) is 17.8 Å². The van der Waals surface area contributed by atoms with Crippen molar-refractivity contribution in [1.29, 1.82) is 0 Å². The fourth-order valence-corrected chi connectivity index (χ4v) is 2.25. The Morgan fingerprint density at radius 3 is 2.57 bits per heavy atom. The van der Waals surface area contributed by atoms with E-state index in [1.54, 1.807) is 38.2 Å². The van der Waals surface area contributed by atoms with Crippen LogP contribution < -0.4 is 5.32 Å². The number of nitrogens with one attached hydrogen (secondary N) is 1. The lowest BCUT2D eigenvalue weighted by Gasteiger charge is -2.09. The number of nitrogens with zero attached hydrogens (tertiary/aromatic N) is 3. The lowest BCUT2D eigenvalue weighted by molar-refractivity contribution is -0.141. The number of alkyl halides is 3. The molecule has 0 aliphatic heterocycles. The molecule has 0 bridgehead atoms. The Balaban J connectivity index is 2.31. The Morgan fingerprint density at radius 1 is 1.35 bits per heavy atom. The van der Waals surface area contributed by atoms with Crippen molar-refractivity contribution in [3.05, 3.63) is 47.0 Å². The lowest BCUT2D eigenvalue weighted by atomic mass is 10.1. The summed E-state index contributed by atoms with van der Waals surface area (Å²) in [4.78, 5) is 16.3. The molecule has 0 saturated carbocycles. The summed E-state index contributed by atoms with van der Waals surface area (Å²) < 4.78 is 40.7. The summed E-state index contributed by atoms with van der Waals surface area (Å²) >= 11 is 0. The van der Waals surface area contributed by atoms with E-state index in [0.29, 0.717) is 5.69 Å². The third-order valence-electron chi connectivity index (χ3n) is 3.29. The number of pyridine rings is 1. The Kier molecular flexibility index (Phi) is 4.72. The molecule has 0 radical (unpaired) electrons. The van der Waals surface area contributed by atoms with E-state index in [2.05, 4.69) is 15.4 Å². The van der Waals surface area contributed by atoms with Crippen molar-refractivity contribution in [3.63, 3.8) is 0 Å². The van der Waals surface area contributed by atoms with Crippen molar-refractivity contribution in [1.82, 2.24) is 20.1 Å². The molecule has 0 unspecified atom stereocenters. The molecule has 1 amide bonds. The van der Waals surface area contributed by atoms with Crippen molar-refractivity contribution < 1.29 is 18.0 Å². The third-order valence-corrected chi connectivity index (χ3v) is 3.29. The minimum Gasteiger partial charge on any atom is -0.346 e. The topological polar surface area (TPSA) is 59.8 Å². The first-order valence-corrected chi connectivity index (χ1v) is 7.06. The van der Waals surface area contributed by atoms with Crippen LogP contribution in [0.15, 0.2) is 24.4 Å². The zero-order valence-electron chi connectivity index (χ0n) is 13.0. The van der Waals surface area contributed by atoms with Gasteiger partial charge in [0, 0.05) is 17.9 Å². The van der Waals surface area contributed by atoms with Crippen LogP contribution in [0.5, 0.6) is 0 Å². The van der Waals surface area contributed by atoms with Gasteiger partial charge in [-0.1, -0.05) is 6.07 Å². The molecule has 0 aliphatic rings. The molecule has 2 aromatic rings. The number of hydrogen-bond donors (Lipinski definition) is 1. The molecule has 2 heterocycles. The first kappa shape index (κ1) is 17.0. The summed E-state index contributed by atoms with van der Waals surface area (Å²) in [7, 11) is 0. The second kappa shape index (κ2) is 6.39. The second-order valence-corrected chi connectivity index (χ2v) is 5.35. The van der Waals surface area contributed by atoms with E-state index in [4.69, 9.17) is 0 Å². The van der Waals surface area contributed by atoms with Crippen LogP contribution in [0, 0.1) is 6.92 Å². The Bertz CT molecular complexity index is 693. The molecular weight excluding hydrogens is 309 g/mol. The van der Waals surface area contributed by atoms with Crippen molar-refractivity contribution in [2.75, 3.05) is 0 Å². The normalized spacial score (nSPS) is 11.8. The van der Waals surface area contributed by atoms with Gasteiger partial charge in [-0.25, -0.2) is 0 Å². The number of halogens is 3. The quantitative estimate of drug-likeness (QED) is 0.939. The predicted octanol–water partition coefficient (Wildman–Crippen LogP) is 3.12. The Labute approximate surface area is 131 Å². The highest BCUT2D eigenvalue weighted by Gasteiger charge is 2.41. The van der Waals surface area contributed by atoms with Crippen molar-refractivity contribution in [2.24, 2.45) is 0 Å². The average molecular weight is 326 g/mol. The summed E-state index contributed by atoms with van der Waals surface area (Å²) in [6.07, 6.45) is -3.15. The van der Waals surface area contributed by atoms with Gasteiger partial charge in [0.1, 0.15) is 0 Å². The van der Waals surface area contributed by atoms with Crippen LogP contribution in [0.3, 0.4) is 0 Å².